The summed E-state index contributed by atoms with van der Waals surface area (Å²) in [5, 5.41) is 8.98. The second-order valence-corrected chi connectivity index (χ2v) is 6.34. The Morgan fingerprint density at radius 3 is 2.47 bits per heavy atom. The molecule has 1 saturated carbocycles. The molecule has 1 aliphatic rings. The summed E-state index contributed by atoms with van der Waals surface area (Å²) in [5.74, 6) is -4.81. The Morgan fingerprint density at radius 2 is 1.84 bits per heavy atom. The van der Waals surface area contributed by atoms with Gasteiger partial charge in [-0.3, -0.25) is 4.79 Å². The van der Waals surface area contributed by atoms with Gasteiger partial charge in [-0.25, -0.2) is 0 Å². The Bertz CT molecular complexity index is 485. The maximum Gasteiger partial charge on any atom is 0.314 e. The smallest absolute Gasteiger partial charge is 0.314 e. The standard InChI is InChI=1S/C13H13F2IO3/c14-11-9(17)5-6-10(12(11)15)19-13(18)7-1-3-8(16)4-2-7/h5-8,17H,1-4H2. The van der Waals surface area contributed by atoms with Crippen molar-refractivity contribution in [2.45, 2.75) is 29.6 Å². The maximum atomic E-state index is 13.4. The van der Waals surface area contributed by atoms with Crippen molar-refractivity contribution in [2.24, 2.45) is 5.92 Å². The molecule has 1 N–H and O–H groups in total. The molecule has 0 aromatic heterocycles. The van der Waals surface area contributed by atoms with Crippen molar-refractivity contribution in [3.63, 3.8) is 0 Å². The summed E-state index contributed by atoms with van der Waals surface area (Å²) < 4.78 is 32.0. The Morgan fingerprint density at radius 1 is 1.21 bits per heavy atom. The van der Waals surface area contributed by atoms with E-state index in [2.05, 4.69) is 22.6 Å². The van der Waals surface area contributed by atoms with E-state index in [1.54, 1.807) is 0 Å². The SMILES string of the molecule is O=C(Oc1ccc(O)c(F)c1F)C1CCC(I)CC1. The highest BCUT2D eigenvalue weighted by Gasteiger charge is 2.27. The molecule has 0 heterocycles. The molecule has 3 nitrogen and oxygen atoms in total. The number of carbonyl (C=O) groups is 1. The van der Waals surface area contributed by atoms with E-state index < -0.39 is 29.1 Å². The lowest BCUT2D eigenvalue weighted by Gasteiger charge is -2.23. The molecule has 0 atom stereocenters. The predicted molar refractivity (Wildman–Crippen MR) is 73.4 cm³/mol. The fraction of sp³-hybridized carbons (Fsp3) is 0.462. The quantitative estimate of drug-likeness (QED) is 0.368. The number of carbonyl (C=O) groups excluding carboxylic acids is 1. The number of rotatable bonds is 2. The minimum Gasteiger partial charge on any atom is -0.505 e. The third-order valence-electron chi connectivity index (χ3n) is 3.23. The first-order valence-corrected chi connectivity index (χ1v) is 7.26. The van der Waals surface area contributed by atoms with Crippen molar-refractivity contribution in [1.82, 2.24) is 0 Å². The number of hydrogen-bond donors (Lipinski definition) is 1. The molecule has 0 bridgehead atoms. The Hall–Kier alpha value is -0.920. The normalized spacial score (nSPS) is 23.1. The second kappa shape index (κ2) is 6.02. The molecule has 6 heteroatoms. The van der Waals surface area contributed by atoms with E-state index >= 15 is 0 Å². The number of alkyl halides is 1. The third-order valence-corrected chi connectivity index (χ3v) is 4.47. The highest BCUT2D eigenvalue weighted by molar-refractivity contribution is 14.1. The summed E-state index contributed by atoms with van der Waals surface area (Å²) in [6.07, 6.45) is 3.25. The van der Waals surface area contributed by atoms with Gasteiger partial charge < -0.3 is 9.84 Å². The summed E-state index contributed by atoms with van der Waals surface area (Å²) in [5.41, 5.74) is 0. The van der Waals surface area contributed by atoms with Crippen LogP contribution in [0.15, 0.2) is 12.1 Å². The lowest BCUT2D eigenvalue weighted by Crippen LogP contribution is -2.26. The van der Waals surface area contributed by atoms with E-state index in [-0.39, 0.29) is 5.92 Å². The van der Waals surface area contributed by atoms with Crippen LogP contribution in [0, 0.1) is 17.6 Å². The lowest BCUT2D eigenvalue weighted by atomic mass is 9.89. The molecule has 1 fully saturated rings. The van der Waals surface area contributed by atoms with Gasteiger partial charge in [0, 0.05) is 3.92 Å². The van der Waals surface area contributed by atoms with Crippen LogP contribution < -0.4 is 4.74 Å². The Balaban J connectivity index is 2.05. The molecule has 19 heavy (non-hydrogen) atoms. The maximum absolute atomic E-state index is 13.4. The number of ether oxygens (including phenoxy) is 1. The van der Waals surface area contributed by atoms with Crippen LogP contribution in [0.3, 0.4) is 0 Å². The number of esters is 1. The molecule has 1 aromatic carbocycles. The van der Waals surface area contributed by atoms with Crippen LogP contribution in [0.5, 0.6) is 11.5 Å². The minimum atomic E-state index is -1.40. The zero-order chi connectivity index (χ0) is 14.0. The van der Waals surface area contributed by atoms with Crippen LogP contribution in [-0.2, 0) is 4.79 Å². The minimum absolute atomic E-state index is 0.262. The number of benzene rings is 1. The van der Waals surface area contributed by atoms with Crippen LogP contribution in [0.4, 0.5) is 8.78 Å². The van der Waals surface area contributed by atoms with Crippen molar-refractivity contribution >= 4 is 28.6 Å². The van der Waals surface area contributed by atoms with E-state index in [0.29, 0.717) is 16.8 Å². The summed E-state index contributed by atoms with van der Waals surface area (Å²) in [6, 6.07) is 2.01. The molecule has 1 aliphatic carbocycles. The zero-order valence-corrected chi connectivity index (χ0v) is 12.2. The number of aromatic hydroxyl groups is 1. The molecule has 0 amide bonds. The van der Waals surface area contributed by atoms with Crippen molar-refractivity contribution in [3.8, 4) is 11.5 Å². The van der Waals surface area contributed by atoms with Gasteiger partial charge in [0.2, 0.25) is 11.6 Å². The van der Waals surface area contributed by atoms with Gasteiger partial charge in [0.1, 0.15) is 0 Å². The summed E-state index contributed by atoms with van der Waals surface area (Å²) in [6.45, 7) is 0. The van der Waals surface area contributed by atoms with E-state index in [1.165, 1.54) is 0 Å². The first kappa shape index (κ1) is 14.5. The van der Waals surface area contributed by atoms with Crippen LogP contribution >= 0.6 is 22.6 Å². The first-order valence-electron chi connectivity index (χ1n) is 6.01. The Labute approximate surface area is 123 Å². The molecule has 0 spiro atoms. The molecule has 0 radical (unpaired) electrons. The van der Waals surface area contributed by atoms with Crippen LogP contribution in [-0.4, -0.2) is 15.0 Å². The van der Waals surface area contributed by atoms with Crippen LogP contribution in [0.25, 0.3) is 0 Å². The van der Waals surface area contributed by atoms with Crippen molar-refractivity contribution in [3.05, 3.63) is 23.8 Å². The summed E-state index contributed by atoms with van der Waals surface area (Å²) in [4.78, 5) is 11.8. The van der Waals surface area contributed by atoms with Crippen LogP contribution in [0.2, 0.25) is 0 Å². The molecule has 2 rings (SSSR count). The molecule has 0 unspecified atom stereocenters. The van der Waals surface area contributed by atoms with E-state index in [1.807, 2.05) is 0 Å². The van der Waals surface area contributed by atoms with Gasteiger partial charge in [0.25, 0.3) is 0 Å². The lowest BCUT2D eigenvalue weighted by molar-refractivity contribution is -0.140. The van der Waals surface area contributed by atoms with Gasteiger partial charge in [-0.05, 0) is 37.8 Å². The molecule has 1 aromatic rings. The van der Waals surface area contributed by atoms with E-state index in [0.717, 1.165) is 25.0 Å². The zero-order valence-electron chi connectivity index (χ0n) is 10.0. The fourth-order valence-corrected chi connectivity index (χ4v) is 2.80. The van der Waals surface area contributed by atoms with Crippen molar-refractivity contribution in [1.29, 1.82) is 0 Å². The summed E-state index contributed by atoms with van der Waals surface area (Å²) >= 11 is 2.34. The van der Waals surface area contributed by atoms with Crippen molar-refractivity contribution in [2.75, 3.05) is 0 Å². The van der Waals surface area contributed by atoms with Gasteiger partial charge in [0.15, 0.2) is 11.5 Å². The third kappa shape index (κ3) is 3.34. The van der Waals surface area contributed by atoms with Gasteiger partial charge >= 0.3 is 5.97 Å². The number of phenolic OH excluding ortho intramolecular Hbond substituents is 1. The fourth-order valence-electron chi connectivity index (χ4n) is 2.08. The second-order valence-electron chi connectivity index (χ2n) is 4.58. The number of phenols is 1. The largest absolute Gasteiger partial charge is 0.505 e. The predicted octanol–water partition coefficient (Wildman–Crippen LogP) is 3.57. The van der Waals surface area contributed by atoms with Gasteiger partial charge in [0.05, 0.1) is 5.92 Å². The van der Waals surface area contributed by atoms with Gasteiger partial charge in [-0.2, -0.15) is 8.78 Å². The molecular weight excluding hydrogens is 369 g/mol. The van der Waals surface area contributed by atoms with Crippen LogP contribution in [0.1, 0.15) is 25.7 Å². The molecule has 104 valence electrons. The Kier molecular flexibility index (Phi) is 4.59. The molecular formula is C13H13F2IO3. The van der Waals surface area contributed by atoms with E-state index in [9.17, 15) is 13.6 Å². The highest BCUT2D eigenvalue weighted by Crippen LogP contribution is 2.31. The average molecular weight is 382 g/mol. The topological polar surface area (TPSA) is 46.5 Å². The van der Waals surface area contributed by atoms with E-state index in [4.69, 9.17) is 9.84 Å². The number of hydrogen-bond acceptors (Lipinski definition) is 3. The van der Waals surface area contributed by atoms with Gasteiger partial charge in [-0.1, -0.05) is 22.6 Å². The monoisotopic (exact) mass is 382 g/mol. The average Bonchev–Trinajstić information content (AvgIpc) is 2.40. The van der Waals surface area contributed by atoms with Crippen molar-refractivity contribution < 1.29 is 23.4 Å². The highest BCUT2D eigenvalue weighted by atomic mass is 127. The van der Waals surface area contributed by atoms with Gasteiger partial charge in [-0.15, -0.1) is 0 Å². The first-order chi connectivity index (χ1) is 8.99. The summed E-state index contributed by atoms with van der Waals surface area (Å²) in [7, 11) is 0. The molecule has 0 aliphatic heterocycles. The molecule has 0 saturated heterocycles. The number of halogens is 3.